The van der Waals surface area contributed by atoms with Gasteiger partial charge in [0, 0.05) is 18.6 Å². The zero-order chi connectivity index (χ0) is 12.5. The molecule has 0 amide bonds. The second kappa shape index (κ2) is 4.63. The molecule has 0 N–H and O–H groups in total. The van der Waals surface area contributed by atoms with Crippen molar-refractivity contribution in [2.24, 2.45) is 0 Å². The Balaban J connectivity index is 2.17. The fourth-order valence-corrected chi connectivity index (χ4v) is 2.27. The summed E-state index contributed by atoms with van der Waals surface area (Å²) in [5.41, 5.74) is 1.59. The van der Waals surface area contributed by atoms with Gasteiger partial charge in [0.1, 0.15) is 13.2 Å². The fourth-order valence-electron chi connectivity index (χ4n) is 1.99. The predicted molar refractivity (Wildman–Crippen MR) is 68.5 cm³/mol. The SMILES string of the molecule is COCc1cc(Cl)c2cc3c(cc2n1)OCCO3. The molecule has 0 atom stereocenters. The van der Waals surface area contributed by atoms with E-state index in [9.17, 15) is 0 Å². The van der Waals surface area contributed by atoms with Gasteiger partial charge in [-0.1, -0.05) is 11.6 Å². The number of aromatic nitrogens is 1. The largest absolute Gasteiger partial charge is 0.486 e. The summed E-state index contributed by atoms with van der Waals surface area (Å²) in [6.45, 7) is 1.55. The Bertz CT molecular complexity index is 600. The smallest absolute Gasteiger partial charge is 0.163 e. The molecule has 1 aliphatic heterocycles. The van der Waals surface area contributed by atoms with Crippen molar-refractivity contribution in [2.75, 3.05) is 20.3 Å². The Labute approximate surface area is 109 Å². The Hall–Kier alpha value is -1.52. The molecule has 0 radical (unpaired) electrons. The molecule has 4 nitrogen and oxygen atoms in total. The molecule has 0 spiro atoms. The van der Waals surface area contributed by atoms with Crippen molar-refractivity contribution < 1.29 is 14.2 Å². The first-order valence-electron chi connectivity index (χ1n) is 5.65. The lowest BCUT2D eigenvalue weighted by Gasteiger charge is -2.19. The molecule has 0 saturated heterocycles. The van der Waals surface area contributed by atoms with Crippen molar-refractivity contribution in [2.45, 2.75) is 6.61 Å². The van der Waals surface area contributed by atoms with E-state index < -0.39 is 0 Å². The lowest BCUT2D eigenvalue weighted by Crippen LogP contribution is -2.15. The van der Waals surface area contributed by atoms with Crippen LogP contribution in [-0.4, -0.2) is 25.3 Å². The van der Waals surface area contributed by atoms with E-state index >= 15 is 0 Å². The maximum absolute atomic E-state index is 6.25. The predicted octanol–water partition coefficient (Wildman–Crippen LogP) is 2.81. The highest BCUT2D eigenvalue weighted by atomic mass is 35.5. The standard InChI is InChI=1S/C13H12ClNO3/c1-16-7-8-4-10(14)9-5-12-13(6-11(9)15-8)18-3-2-17-12/h4-6H,2-3,7H2,1H3. The Kier molecular flexibility index (Phi) is 2.97. The van der Waals surface area contributed by atoms with E-state index in [1.807, 2.05) is 18.2 Å². The first-order chi connectivity index (χ1) is 8.78. The molecular formula is C13H12ClNO3. The summed E-state index contributed by atoms with van der Waals surface area (Å²) in [5, 5.41) is 1.50. The average Bonchev–Trinajstić information content (AvgIpc) is 2.37. The van der Waals surface area contributed by atoms with Crippen LogP contribution in [0.2, 0.25) is 5.02 Å². The third-order valence-electron chi connectivity index (χ3n) is 2.77. The van der Waals surface area contributed by atoms with E-state index in [1.54, 1.807) is 7.11 Å². The molecule has 18 heavy (non-hydrogen) atoms. The average molecular weight is 266 g/mol. The molecule has 3 rings (SSSR count). The minimum atomic E-state index is 0.435. The minimum Gasteiger partial charge on any atom is -0.486 e. The Morgan fingerprint density at radius 2 is 1.94 bits per heavy atom. The molecule has 1 aromatic carbocycles. The Morgan fingerprint density at radius 1 is 1.22 bits per heavy atom. The van der Waals surface area contributed by atoms with Crippen LogP contribution in [0.15, 0.2) is 18.2 Å². The van der Waals surface area contributed by atoms with Gasteiger partial charge in [0.15, 0.2) is 11.5 Å². The summed E-state index contributed by atoms with van der Waals surface area (Å²) >= 11 is 6.25. The van der Waals surface area contributed by atoms with Crippen molar-refractivity contribution in [3.63, 3.8) is 0 Å². The highest BCUT2D eigenvalue weighted by molar-refractivity contribution is 6.35. The van der Waals surface area contributed by atoms with Crippen LogP contribution in [0.1, 0.15) is 5.69 Å². The molecule has 0 unspecified atom stereocenters. The van der Waals surface area contributed by atoms with Crippen LogP contribution < -0.4 is 9.47 Å². The third kappa shape index (κ3) is 1.98. The van der Waals surface area contributed by atoms with E-state index in [4.69, 9.17) is 25.8 Å². The van der Waals surface area contributed by atoms with Crippen LogP contribution in [0.25, 0.3) is 10.9 Å². The van der Waals surface area contributed by atoms with Gasteiger partial charge in [-0.3, -0.25) is 4.98 Å². The zero-order valence-corrected chi connectivity index (χ0v) is 10.7. The van der Waals surface area contributed by atoms with E-state index in [0.29, 0.717) is 30.6 Å². The molecular weight excluding hydrogens is 254 g/mol. The lowest BCUT2D eigenvalue weighted by atomic mass is 10.1. The number of ether oxygens (including phenoxy) is 3. The van der Waals surface area contributed by atoms with Gasteiger partial charge in [-0.15, -0.1) is 0 Å². The van der Waals surface area contributed by atoms with Crippen molar-refractivity contribution in [1.29, 1.82) is 0 Å². The van der Waals surface area contributed by atoms with Crippen LogP contribution in [0, 0.1) is 0 Å². The summed E-state index contributed by atoms with van der Waals surface area (Å²) in [7, 11) is 1.63. The molecule has 5 heteroatoms. The van der Waals surface area contributed by atoms with Gasteiger partial charge in [-0.2, -0.15) is 0 Å². The van der Waals surface area contributed by atoms with Gasteiger partial charge in [-0.05, 0) is 12.1 Å². The van der Waals surface area contributed by atoms with Crippen molar-refractivity contribution in [3.8, 4) is 11.5 Å². The van der Waals surface area contributed by atoms with E-state index in [-0.39, 0.29) is 0 Å². The third-order valence-corrected chi connectivity index (χ3v) is 3.08. The van der Waals surface area contributed by atoms with Crippen LogP contribution >= 0.6 is 11.6 Å². The fraction of sp³-hybridized carbons (Fsp3) is 0.308. The number of methoxy groups -OCH3 is 1. The quantitative estimate of drug-likeness (QED) is 0.837. The van der Waals surface area contributed by atoms with Gasteiger partial charge < -0.3 is 14.2 Å². The van der Waals surface area contributed by atoms with E-state index in [0.717, 1.165) is 22.3 Å². The highest BCUT2D eigenvalue weighted by Crippen LogP contribution is 2.36. The lowest BCUT2D eigenvalue weighted by molar-refractivity contribution is 0.172. The minimum absolute atomic E-state index is 0.435. The van der Waals surface area contributed by atoms with Crippen LogP contribution in [-0.2, 0) is 11.3 Å². The number of halogens is 1. The Morgan fingerprint density at radius 3 is 2.67 bits per heavy atom. The molecule has 0 saturated carbocycles. The number of rotatable bonds is 2. The first-order valence-corrected chi connectivity index (χ1v) is 6.03. The summed E-state index contributed by atoms with van der Waals surface area (Å²) in [6, 6.07) is 5.54. The van der Waals surface area contributed by atoms with Crippen molar-refractivity contribution in [3.05, 3.63) is 28.9 Å². The van der Waals surface area contributed by atoms with Crippen LogP contribution in [0.3, 0.4) is 0 Å². The summed E-state index contributed by atoms with van der Waals surface area (Å²) < 4.78 is 16.1. The van der Waals surface area contributed by atoms with E-state index in [1.165, 1.54) is 0 Å². The number of fused-ring (bicyclic) bond motifs is 2. The molecule has 2 heterocycles. The summed E-state index contributed by atoms with van der Waals surface area (Å²) in [6.07, 6.45) is 0. The summed E-state index contributed by atoms with van der Waals surface area (Å²) in [4.78, 5) is 4.49. The zero-order valence-electron chi connectivity index (χ0n) is 9.90. The van der Waals surface area contributed by atoms with E-state index in [2.05, 4.69) is 4.98 Å². The number of benzene rings is 1. The molecule has 1 aliphatic rings. The molecule has 2 aromatic rings. The molecule has 0 bridgehead atoms. The van der Waals surface area contributed by atoms with Gasteiger partial charge in [0.05, 0.1) is 22.8 Å². The number of pyridine rings is 1. The van der Waals surface area contributed by atoms with Crippen LogP contribution in [0.4, 0.5) is 0 Å². The maximum Gasteiger partial charge on any atom is 0.163 e. The first kappa shape index (κ1) is 11.6. The van der Waals surface area contributed by atoms with Gasteiger partial charge in [0.2, 0.25) is 0 Å². The highest BCUT2D eigenvalue weighted by Gasteiger charge is 2.15. The number of hydrogen-bond donors (Lipinski definition) is 0. The monoisotopic (exact) mass is 265 g/mol. The topological polar surface area (TPSA) is 40.6 Å². The number of nitrogens with zero attached hydrogens (tertiary/aromatic N) is 1. The van der Waals surface area contributed by atoms with Gasteiger partial charge in [-0.25, -0.2) is 0 Å². The second-order valence-electron chi connectivity index (χ2n) is 4.04. The molecule has 94 valence electrons. The second-order valence-corrected chi connectivity index (χ2v) is 4.45. The van der Waals surface area contributed by atoms with Gasteiger partial charge >= 0.3 is 0 Å². The summed E-state index contributed by atoms with van der Waals surface area (Å²) in [5.74, 6) is 1.43. The molecule has 0 fully saturated rings. The van der Waals surface area contributed by atoms with Crippen molar-refractivity contribution in [1.82, 2.24) is 4.98 Å². The van der Waals surface area contributed by atoms with Crippen molar-refractivity contribution >= 4 is 22.5 Å². The maximum atomic E-state index is 6.25. The number of hydrogen-bond acceptors (Lipinski definition) is 4. The van der Waals surface area contributed by atoms with Gasteiger partial charge in [0.25, 0.3) is 0 Å². The molecule has 1 aromatic heterocycles. The van der Waals surface area contributed by atoms with Crippen LogP contribution in [0.5, 0.6) is 11.5 Å². The normalized spacial score (nSPS) is 13.9. The molecule has 0 aliphatic carbocycles.